The van der Waals surface area contributed by atoms with E-state index in [1.807, 2.05) is 6.92 Å². The molecule has 1 rings (SSSR count). The van der Waals surface area contributed by atoms with Gasteiger partial charge in [0.15, 0.2) is 0 Å². The summed E-state index contributed by atoms with van der Waals surface area (Å²) in [5, 5.41) is 8.85. The van der Waals surface area contributed by atoms with E-state index >= 15 is 0 Å². The zero-order valence-electron chi connectivity index (χ0n) is 4.59. The quantitative estimate of drug-likeness (QED) is 0.519. The molecule has 1 nitrogen and oxygen atoms in total. The fourth-order valence-electron chi connectivity index (χ4n) is 0.753. The Balaban J connectivity index is 2.14. The van der Waals surface area contributed by atoms with Crippen molar-refractivity contribution in [2.45, 2.75) is 25.9 Å². The lowest BCUT2D eigenvalue weighted by Crippen LogP contribution is -2.23. The van der Waals surface area contributed by atoms with Gasteiger partial charge in [-0.25, -0.2) is 0 Å². The molecule has 0 saturated heterocycles. The Hall–Kier alpha value is -0.0400. The lowest BCUT2D eigenvalue weighted by molar-refractivity contribution is 0.101. The summed E-state index contributed by atoms with van der Waals surface area (Å²) < 4.78 is 0. The van der Waals surface area contributed by atoms with Gasteiger partial charge in [0.1, 0.15) is 0 Å². The second kappa shape index (κ2) is 1.83. The highest BCUT2D eigenvalue weighted by atomic mass is 16.3. The minimum atomic E-state index is -0.0787. The van der Waals surface area contributed by atoms with Crippen LogP contribution in [0, 0.1) is 12.3 Å². The van der Waals surface area contributed by atoms with Gasteiger partial charge in [-0.2, -0.15) is 0 Å². The van der Waals surface area contributed by atoms with E-state index in [1.54, 1.807) is 0 Å². The first-order valence-corrected chi connectivity index (χ1v) is 2.80. The smallest absolute Gasteiger partial charge is 0.0540 e. The van der Waals surface area contributed by atoms with Gasteiger partial charge in [-0.3, -0.25) is 0 Å². The number of aliphatic hydroxyl groups excluding tert-OH is 1. The molecule has 0 heterocycles. The van der Waals surface area contributed by atoms with E-state index in [-0.39, 0.29) is 6.10 Å². The Kier molecular flexibility index (Phi) is 1.33. The summed E-state index contributed by atoms with van der Waals surface area (Å²) in [4.78, 5) is 0. The van der Waals surface area contributed by atoms with Crippen LogP contribution in [0.2, 0.25) is 0 Å². The summed E-state index contributed by atoms with van der Waals surface area (Å²) in [6.07, 6.45) is 4.37. The highest BCUT2D eigenvalue weighted by molar-refractivity contribution is 4.87. The molecule has 0 aromatic heterocycles. The van der Waals surface area contributed by atoms with E-state index in [0.29, 0.717) is 5.92 Å². The van der Waals surface area contributed by atoms with Crippen LogP contribution in [0.4, 0.5) is 0 Å². The molecule has 1 fully saturated rings. The van der Waals surface area contributed by atoms with Crippen molar-refractivity contribution >= 4 is 0 Å². The van der Waals surface area contributed by atoms with Crippen molar-refractivity contribution in [2.75, 3.05) is 0 Å². The SMILES string of the molecule is C[C@H](O)C1C[CH]C1. The lowest BCUT2D eigenvalue weighted by atomic mass is 9.82. The molecule has 0 aromatic rings. The second-order valence-electron chi connectivity index (χ2n) is 2.26. The van der Waals surface area contributed by atoms with Crippen LogP contribution in [0.15, 0.2) is 0 Å². The maximum absolute atomic E-state index is 8.85. The van der Waals surface area contributed by atoms with E-state index in [1.165, 1.54) is 0 Å². The first-order valence-electron chi connectivity index (χ1n) is 2.80. The molecule has 0 aliphatic heterocycles. The zero-order chi connectivity index (χ0) is 5.28. The normalized spacial score (nSPS) is 26.6. The molecule has 1 aliphatic rings. The minimum absolute atomic E-state index is 0.0787. The van der Waals surface area contributed by atoms with Crippen molar-refractivity contribution in [3.05, 3.63) is 6.42 Å². The predicted octanol–water partition coefficient (Wildman–Crippen LogP) is 0.981. The van der Waals surface area contributed by atoms with Crippen molar-refractivity contribution in [2.24, 2.45) is 5.92 Å². The molecule has 1 N–H and O–H groups in total. The minimum Gasteiger partial charge on any atom is -0.393 e. The Morgan fingerprint density at radius 1 is 1.71 bits per heavy atom. The summed E-state index contributed by atoms with van der Waals surface area (Å²) in [7, 11) is 0. The lowest BCUT2D eigenvalue weighted by Gasteiger charge is -2.27. The summed E-state index contributed by atoms with van der Waals surface area (Å²) in [5.41, 5.74) is 0. The maximum atomic E-state index is 8.85. The Labute approximate surface area is 44.4 Å². The molecule has 7 heavy (non-hydrogen) atoms. The van der Waals surface area contributed by atoms with Crippen LogP contribution in [0.25, 0.3) is 0 Å². The van der Waals surface area contributed by atoms with E-state index in [9.17, 15) is 0 Å². The van der Waals surface area contributed by atoms with Crippen LogP contribution < -0.4 is 0 Å². The fraction of sp³-hybridized carbons (Fsp3) is 0.833. The summed E-state index contributed by atoms with van der Waals surface area (Å²) in [5.74, 6) is 0.583. The van der Waals surface area contributed by atoms with Gasteiger partial charge in [-0.1, -0.05) is 0 Å². The van der Waals surface area contributed by atoms with Gasteiger partial charge in [0.25, 0.3) is 0 Å². The third-order valence-electron chi connectivity index (χ3n) is 1.62. The van der Waals surface area contributed by atoms with Gasteiger partial charge in [-0.15, -0.1) is 0 Å². The van der Waals surface area contributed by atoms with Crippen molar-refractivity contribution in [3.8, 4) is 0 Å². The number of hydrogen-bond donors (Lipinski definition) is 1. The number of hydrogen-bond acceptors (Lipinski definition) is 1. The molecule has 41 valence electrons. The summed E-state index contributed by atoms with van der Waals surface area (Å²) in [6, 6.07) is 0. The van der Waals surface area contributed by atoms with Gasteiger partial charge in [0.2, 0.25) is 0 Å². The highest BCUT2D eigenvalue weighted by Crippen LogP contribution is 2.27. The van der Waals surface area contributed by atoms with Crippen molar-refractivity contribution in [3.63, 3.8) is 0 Å². The highest BCUT2D eigenvalue weighted by Gasteiger charge is 2.21. The largest absolute Gasteiger partial charge is 0.393 e. The van der Waals surface area contributed by atoms with Crippen molar-refractivity contribution < 1.29 is 5.11 Å². The van der Waals surface area contributed by atoms with E-state index in [4.69, 9.17) is 5.11 Å². The molecule has 1 aliphatic carbocycles. The van der Waals surface area contributed by atoms with Crippen molar-refractivity contribution in [1.82, 2.24) is 0 Å². The first kappa shape index (κ1) is 5.10. The molecule has 1 radical (unpaired) electrons. The standard InChI is InChI=1S/C6H11O/c1-5(7)6-3-2-4-6/h2,5-7H,3-4H2,1H3/t5-/m0/s1. The van der Waals surface area contributed by atoms with Gasteiger partial charge >= 0.3 is 0 Å². The molecule has 1 atom stereocenters. The zero-order valence-corrected chi connectivity index (χ0v) is 4.59. The van der Waals surface area contributed by atoms with Crippen LogP contribution in [-0.4, -0.2) is 11.2 Å². The fourth-order valence-corrected chi connectivity index (χ4v) is 0.753. The van der Waals surface area contributed by atoms with Crippen LogP contribution in [0.5, 0.6) is 0 Å². The number of rotatable bonds is 1. The van der Waals surface area contributed by atoms with Crippen molar-refractivity contribution in [1.29, 1.82) is 0 Å². The average Bonchev–Trinajstić information content (AvgIpc) is 1.23. The Bertz CT molecular complexity index is 55.2. The Morgan fingerprint density at radius 2 is 2.29 bits per heavy atom. The monoisotopic (exact) mass is 99.1 g/mol. The van der Waals surface area contributed by atoms with Gasteiger partial charge < -0.3 is 5.11 Å². The van der Waals surface area contributed by atoms with Gasteiger partial charge in [0, 0.05) is 0 Å². The molecule has 1 heteroatoms. The van der Waals surface area contributed by atoms with Gasteiger partial charge in [0.05, 0.1) is 6.10 Å². The van der Waals surface area contributed by atoms with E-state index < -0.39 is 0 Å². The van der Waals surface area contributed by atoms with Crippen LogP contribution in [-0.2, 0) is 0 Å². The van der Waals surface area contributed by atoms with Crippen LogP contribution in [0.1, 0.15) is 19.8 Å². The number of aliphatic hydroxyl groups is 1. The second-order valence-corrected chi connectivity index (χ2v) is 2.26. The summed E-state index contributed by atoms with van der Waals surface area (Å²) in [6.45, 7) is 1.86. The Morgan fingerprint density at radius 3 is 2.29 bits per heavy atom. The average molecular weight is 99.2 g/mol. The predicted molar refractivity (Wildman–Crippen MR) is 28.7 cm³/mol. The van der Waals surface area contributed by atoms with Crippen LogP contribution >= 0.6 is 0 Å². The molecular weight excluding hydrogens is 88.1 g/mol. The molecule has 0 bridgehead atoms. The third kappa shape index (κ3) is 0.942. The maximum Gasteiger partial charge on any atom is 0.0540 e. The molecule has 1 saturated carbocycles. The molecule has 0 aromatic carbocycles. The van der Waals surface area contributed by atoms with E-state index in [2.05, 4.69) is 6.42 Å². The molecule has 0 unspecified atom stereocenters. The first-order chi connectivity index (χ1) is 3.30. The van der Waals surface area contributed by atoms with E-state index in [0.717, 1.165) is 12.8 Å². The topological polar surface area (TPSA) is 20.2 Å². The molecule has 0 spiro atoms. The van der Waals surface area contributed by atoms with Crippen LogP contribution in [0.3, 0.4) is 0 Å². The third-order valence-corrected chi connectivity index (χ3v) is 1.62. The molecule has 0 amide bonds. The van der Waals surface area contributed by atoms with Gasteiger partial charge in [-0.05, 0) is 32.1 Å². The molecular formula is C6H11O. The summed E-state index contributed by atoms with van der Waals surface area (Å²) >= 11 is 0.